The molecule has 2 N–H and O–H groups in total. The standard InChI is InChI=1S/C14H16ClNO3/c15-11-7-3-6-10(14(18)19)13(11)16-12(17)8-9-4-1-2-5-9/h3,6-7,9H,1-2,4-5,8H2,(H,16,17)(H,18,19). The Bertz CT molecular complexity index is 495. The molecule has 5 heteroatoms. The van der Waals surface area contributed by atoms with Gasteiger partial charge in [-0.25, -0.2) is 4.79 Å². The monoisotopic (exact) mass is 281 g/mol. The van der Waals surface area contributed by atoms with E-state index in [9.17, 15) is 9.59 Å². The van der Waals surface area contributed by atoms with Gasteiger partial charge in [0.15, 0.2) is 0 Å². The summed E-state index contributed by atoms with van der Waals surface area (Å²) in [6.07, 6.45) is 4.92. The van der Waals surface area contributed by atoms with Crippen molar-refractivity contribution in [2.45, 2.75) is 32.1 Å². The molecule has 0 unspecified atom stereocenters. The maximum absolute atomic E-state index is 11.9. The van der Waals surface area contributed by atoms with E-state index >= 15 is 0 Å². The number of hydrogen-bond acceptors (Lipinski definition) is 2. The molecule has 0 atom stereocenters. The first-order valence-corrected chi connectivity index (χ1v) is 6.77. The summed E-state index contributed by atoms with van der Waals surface area (Å²) in [6.45, 7) is 0. The molecule has 1 saturated carbocycles. The van der Waals surface area contributed by atoms with E-state index in [2.05, 4.69) is 5.32 Å². The van der Waals surface area contributed by atoms with Crippen LogP contribution in [-0.2, 0) is 4.79 Å². The number of carboxylic acid groups (broad SMARTS) is 1. The summed E-state index contributed by atoms with van der Waals surface area (Å²) in [5.41, 5.74) is 0.215. The number of rotatable bonds is 4. The van der Waals surface area contributed by atoms with Crippen molar-refractivity contribution in [3.8, 4) is 0 Å². The molecule has 1 fully saturated rings. The van der Waals surface area contributed by atoms with Gasteiger partial charge in [0.25, 0.3) is 0 Å². The van der Waals surface area contributed by atoms with E-state index in [0.717, 1.165) is 12.8 Å². The average molecular weight is 282 g/mol. The Morgan fingerprint density at radius 2 is 2.00 bits per heavy atom. The van der Waals surface area contributed by atoms with Crippen LogP contribution in [0.1, 0.15) is 42.5 Å². The zero-order valence-electron chi connectivity index (χ0n) is 10.5. The van der Waals surface area contributed by atoms with Crippen molar-refractivity contribution in [1.29, 1.82) is 0 Å². The van der Waals surface area contributed by atoms with Gasteiger partial charge in [-0.05, 0) is 30.9 Å². The molecule has 0 spiro atoms. The number of carboxylic acids is 1. The van der Waals surface area contributed by atoms with Crippen LogP contribution in [0.15, 0.2) is 18.2 Å². The lowest BCUT2D eigenvalue weighted by molar-refractivity contribution is -0.117. The van der Waals surface area contributed by atoms with Crippen LogP contribution in [0.2, 0.25) is 5.02 Å². The summed E-state index contributed by atoms with van der Waals surface area (Å²) in [5.74, 6) is -0.850. The molecule has 0 aromatic heterocycles. The Morgan fingerprint density at radius 3 is 2.63 bits per heavy atom. The zero-order valence-corrected chi connectivity index (χ0v) is 11.2. The first-order valence-electron chi connectivity index (χ1n) is 6.39. The molecule has 1 aromatic carbocycles. The average Bonchev–Trinajstić information content (AvgIpc) is 2.84. The lowest BCUT2D eigenvalue weighted by Gasteiger charge is -2.12. The highest BCUT2D eigenvalue weighted by atomic mass is 35.5. The fourth-order valence-corrected chi connectivity index (χ4v) is 2.72. The maximum Gasteiger partial charge on any atom is 0.337 e. The first kappa shape index (κ1) is 13.9. The summed E-state index contributed by atoms with van der Waals surface area (Å²) in [7, 11) is 0. The molecule has 102 valence electrons. The van der Waals surface area contributed by atoms with Gasteiger partial charge < -0.3 is 10.4 Å². The number of amides is 1. The molecule has 0 bridgehead atoms. The van der Waals surface area contributed by atoms with Crippen LogP contribution in [0.3, 0.4) is 0 Å². The number of nitrogens with one attached hydrogen (secondary N) is 1. The van der Waals surface area contributed by atoms with E-state index in [1.54, 1.807) is 12.1 Å². The summed E-state index contributed by atoms with van der Waals surface area (Å²) >= 11 is 5.96. The van der Waals surface area contributed by atoms with Gasteiger partial charge in [-0.3, -0.25) is 4.79 Å². The predicted molar refractivity (Wildman–Crippen MR) is 73.6 cm³/mol. The van der Waals surface area contributed by atoms with Crippen molar-refractivity contribution in [3.05, 3.63) is 28.8 Å². The fraction of sp³-hybridized carbons (Fsp3) is 0.429. The van der Waals surface area contributed by atoms with Gasteiger partial charge >= 0.3 is 5.97 Å². The Balaban J connectivity index is 2.09. The van der Waals surface area contributed by atoms with Crippen LogP contribution in [0.5, 0.6) is 0 Å². The van der Waals surface area contributed by atoms with Crippen molar-refractivity contribution in [2.24, 2.45) is 5.92 Å². The van der Waals surface area contributed by atoms with E-state index in [-0.39, 0.29) is 22.2 Å². The van der Waals surface area contributed by atoms with Gasteiger partial charge in [0.05, 0.1) is 16.3 Å². The largest absolute Gasteiger partial charge is 0.478 e. The number of aromatic carboxylic acids is 1. The lowest BCUT2D eigenvalue weighted by atomic mass is 10.0. The number of benzene rings is 1. The Morgan fingerprint density at radius 1 is 1.32 bits per heavy atom. The number of para-hydroxylation sites is 1. The summed E-state index contributed by atoms with van der Waals surface area (Å²) in [5, 5.41) is 12.0. The van der Waals surface area contributed by atoms with E-state index in [0.29, 0.717) is 12.3 Å². The normalized spacial score (nSPS) is 15.4. The van der Waals surface area contributed by atoms with Crippen LogP contribution in [0, 0.1) is 5.92 Å². The quantitative estimate of drug-likeness (QED) is 0.887. The maximum atomic E-state index is 11.9. The molecule has 0 saturated heterocycles. The number of carbonyl (C=O) groups excluding carboxylic acids is 1. The molecule has 19 heavy (non-hydrogen) atoms. The number of halogens is 1. The van der Waals surface area contributed by atoms with Crippen LogP contribution >= 0.6 is 11.6 Å². The van der Waals surface area contributed by atoms with Crippen molar-refractivity contribution in [2.75, 3.05) is 5.32 Å². The lowest BCUT2D eigenvalue weighted by Crippen LogP contribution is -2.17. The first-order chi connectivity index (χ1) is 9.08. The van der Waals surface area contributed by atoms with Gasteiger partial charge in [0.1, 0.15) is 0 Å². The third kappa shape index (κ3) is 3.47. The molecular formula is C14H16ClNO3. The summed E-state index contributed by atoms with van der Waals surface area (Å²) in [4.78, 5) is 23.0. The minimum atomic E-state index is -1.10. The second-order valence-corrected chi connectivity index (χ2v) is 5.28. The molecule has 4 nitrogen and oxygen atoms in total. The van der Waals surface area contributed by atoms with Gasteiger partial charge in [0, 0.05) is 6.42 Å². The Labute approximate surface area is 116 Å². The molecule has 1 aliphatic rings. The zero-order chi connectivity index (χ0) is 13.8. The predicted octanol–water partition coefficient (Wildman–Crippen LogP) is 3.56. The molecule has 1 aromatic rings. The molecule has 0 radical (unpaired) electrons. The van der Waals surface area contributed by atoms with E-state index in [4.69, 9.17) is 16.7 Å². The second-order valence-electron chi connectivity index (χ2n) is 4.87. The van der Waals surface area contributed by atoms with Gasteiger partial charge in [-0.2, -0.15) is 0 Å². The molecule has 2 rings (SSSR count). The SMILES string of the molecule is O=C(CC1CCCC1)Nc1c(Cl)cccc1C(=O)O. The van der Waals surface area contributed by atoms with Crippen molar-refractivity contribution in [1.82, 2.24) is 0 Å². The van der Waals surface area contributed by atoms with E-state index in [1.165, 1.54) is 18.9 Å². The minimum absolute atomic E-state index is 0.0206. The van der Waals surface area contributed by atoms with E-state index in [1.807, 2.05) is 0 Å². The highest BCUT2D eigenvalue weighted by molar-refractivity contribution is 6.34. The smallest absolute Gasteiger partial charge is 0.337 e. The summed E-state index contributed by atoms with van der Waals surface area (Å²) < 4.78 is 0. The third-order valence-corrected chi connectivity index (χ3v) is 3.77. The number of carbonyl (C=O) groups is 2. The van der Waals surface area contributed by atoms with Crippen LogP contribution in [0.25, 0.3) is 0 Å². The second kappa shape index (κ2) is 6.06. The molecule has 0 aliphatic heterocycles. The number of anilines is 1. The Hall–Kier alpha value is -1.55. The van der Waals surface area contributed by atoms with Crippen LogP contribution in [0.4, 0.5) is 5.69 Å². The topological polar surface area (TPSA) is 66.4 Å². The van der Waals surface area contributed by atoms with Crippen LogP contribution < -0.4 is 5.32 Å². The van der Waals surface area contributed by atoms with E-state index < -0.39 is 5.97 Å². The Kier molecular flexibility index (Phi) is 4.43. The molecule has 0 heterocycles. The summed E-state index contributed by atoms with van der Waals surface area (Å²) in [6, 6.07) is 4.55. The van der Waals surface area contributed by atoms with Gasteiger partial charge in [-0.15, -0.1) is 0 Å². The van der Waals surface area contributed by atoms with Crippen molar-refractivity contribution >= 4 is 29.2 Å². The van der Waals surface area contributed by atoms with Gasteiger partial charge in [0.2, 0.25) is 5.91 Å². The minimum Gasteiger partial charge on any atom is -0.478 e. The molecular weight excluding hydrogens is 266 g/mol. The van der Waals surface area contributed by atoms with Crippen LogP contribution in [-0.4, -0.2) is 17.0 Å². The van der Waals surface area contributed by atoms with Crippen molar-refractivity contribution < 1.29 is 14.7 Å². The highest BCUT2D eigenvalue weighted by Crippen LogP contribution is 2.30. The highest BCUT2D eigenvalue weighted by Gasteiger charge is 2.20. The molecule has 1 aliphatic carbocycles. The van der Waals surface area contributed by atoms with Crippen molar-refractivity contribution in [3.63, 3.8) is 0 Å². The third-order valence-electron chi connectivity index (χ3n) is 3.46. The molecule has 1 amide bonds. The fourth-order valence-electron chi connectivity index (χ4n) is 2.50. The van der Waals surface area contributed by atoms with Gasteiger partial charge in [-0.1, -0.05) is 30.5 Å². The number of hydrogen-bond donors (Lipinski definition) is 2.